The molecule has 1 rings (SSSR count). The number of nitrogens with two attached hydrogens (primary N) is 1. The van der Waals surface area contributed by atoms with Gasteiger partial charge in [0.25, 0.3) is 5.56 Å². The summed E-state index contributed by atoms with van der Waals surface area (Å²) in [5.41, 5.74) is 5.77. The van der Waals surface area contributed by atoms with E-state index >= 15 is 0 Å². The van der Waals surface area contributed by atoms with E-state index in [9.17, 15) is 9.59 Å². The molecule has 0 unspecified atom stereocenters. The number of pyridine rings is 1. The maximum Gasteiger partial charge on any atom is 0.251 e. The number of carbonyl (C=O) groups excluding carboxylic acids is 1. The number of anilines is 1. The Balaban J connectivity index is 2.62. The highest BCUT2D eigenvalue weighted by Crippen LogP contribution is 1.95. The van der Waals surface area contributed by atoms with Crippen molar-refractivity contribution in [1.82, 2.24) is 9.88 Å². The van der Waals surface area contributed by atoms with E-state index in [2.05, 4.69) is 5.32 Å². The highest BCUT2D eigenvalue weighted by atomic mass is 16.2. The van der Waals surface area contributed by atoms with Crippen molar-refractivity contribution >= 4 is 11.6 Å². The molecule has 0 aliphatic rings. The lowest BCUT2D eigenvalue weighted by Crippen LogP contribution is -2.33. The van der Waals surface area contributed by atoms with Gasteiger partial charge in [0.05, 0.1) is 0 Å². The van der Waals surface area contributed by atoms with Crippen molar-refractivity contribution in [2.24, 2.45) is 5.92 Å². The van der Waals surface area contributed by atoms with Crippen molar-refractivity contribution in [2.45, 2.75) is 20.4 Å². The molecule has 5 heteroatoms. The molecule has 0 spiro atoms. The van der Waals surface area contributed by atoms with Gasteiger partial charge in [0.2, 0.25) is 5.91 Å². The van der Waals surface area contributed by atoms with Gasteiger partial charge in [-0.3, -0.25) is 9.59 Å². The van der Waals surface area contributed by atoms with E-state index in [0.29, 0.717) is 18.2 Å². The molecule has 0 aliphatic carbocycles. The van der Waals surface area contributed by atoms with Gasteiger partial charge in [-0.15, -0.1) is 0 Å². The minimum Gasteiger partial charge on any atom is -0.398 e. The van der Waals surface area contributed by atoms with Crippen LogP contribution in [-0.4, -0.2) is 17.0 Å². The summed E-state index contributed by atoms with van der Waals surface area (Å²) in [6.07, 6.45) is 1.47. The van der Waals surface area contributed by atoms with E-state index < -0.39 is 0 Å². The van der Waals surface area contributed by atoms with E-state index in [0.717, 1.165) is 0 Å². The normalized spacial score (nSPS) is 10.4. The smallest absolute Gasteiger partial charge is 0.251 e. The van der Waals surface area contributed by atoms with Crippen molar-refractivity contribution in [1.29, 1.82) is 0 Å². The maximum atomic E-state index is 11.5. The third-order valence-corrected chi connectivity index (χ3v) is 2.03. The molecule has 0 bridgehead atoms. The molecule has 0 atom stereocenters. The van der Waals surface area contributed by atoms with Crippen LogP contribution in [-0.2, 0) is 11.3 Å². The zero-order valence-electron chi connectivity index (χ0n) is 9.56. The number of nitrogens with one attached hydrogen (secondary N) is 1. The Labute approximate surface area is 94.3 Å². The molecule has 0 saturated heterocycles. The van der Waals surface area contributed by atoms with E-state index in [1.165, 1.54) is 22.9 Å². The van der Waals surface area contributed by atoms with Crippen LogP contribution in [0.3, 0.4) is 0 Å². The topological polar surface area (TPSA) is 77.1 Å². The van der Waals surface area contributed by atoms with Gasteiger partial charge in [0, 0.05) is 24.5 Å². The minimum absolute atomic E-state index is 0.0105. The summed E-state index contributed by atoms with van der Waals surface area (Å²) in [4.78, 5) is 22.8. The molecular weight excluding hydrogens is 206 g/mol. The first kappa shape index (κ1) is 12.3. The van der Waals surface area contributed by atoms with Gasteiger partial charge in [-0.2, -0.15) is 0 Å². The van der Waals surface area contributed by atoms with Crippen LogP contribution in [0.4, 0.5) is 5.69 Å². The third-order valence-electron chi connectivity index (χ3n) is 2.03. The molecule has 3 N–H and O–H groups in total. The number of amides is 1. The number of rotatable bonds is 4. The predicted molar refractivity (Wildman–Crippen MR) is 63.0 cm³/mol. The molecular formula is C11H17N3O2. The Morgan fingerprint density at radius 2 is 2.19 bits per heavy atom. The number of aromatic nitrogens is 1. The second-order valence-corrected chi connectivity index (χ2v) is 4.13. The van der Waals surface area contributed by atoms with E-state index in [1.54, 1.807) is 0 Å². The second kappa shape index (κ2) is 5.34. The van der Waals surface area contributed by atoms with Crippen LogP contribution in [0.2, 0.25) is 0 Å². The molecule has 1 amide bonds. The number of carbonyl (C=O) groups is 1. The van der Waals surface area contributed by atoms with Crippen molar-refractivity contribution in [3.8, 4) is 0 Å². The summed E-state index contributed by atoms with van der Waals surface area (Å²) >= 11 is 0. The Morgan fingerprint density at radius 1 is 1.50 bits per heavy atom. The third kappa shape index (κ3) is 3.76. The highest BCUT2D eigenvalue weighted by molar-refractivity contribution is 5.75. The molecule has 1 aromatic heterocycles. The van der Waals surface area contributed by atoms with E-state index in [-0.39, 0.29) is 18.0 Å². The molecule has 0 aromatic carbocycles. The van der Waals surface area contributed by atoms with Crippen LogP contribution >= 0.6 is 0 Å². The summed E-state index contributed by atoms with van der Waals surface area (Å²) in [6, 6.07) is 2.87. The first-order chi connectivity index (χ1) is 7.49. The Bertz CT molecular complexity index is 423. The minimum atomic E-state index is -0.228. The lowest BCUT2D eigenvalue weighted by molar-refractivity contribution is -0.121. The Kier molecular flexibility index (Phi) is 4.10. The molecule has 0 aliphatic heterocycles. The van der Waals surface area contributed by atoms with Crippen LogP contribution in [0.1, 0.15) is 13.8 Å². The first-order valence-corrected chi connectivity index (χ1v) is 5.21. The van der Waals surface area contributed by atoms with Gasteiger partial charge in [-0.25, -0.2) is 0 Å². The van der Waals surface area contributed by atoms with Crippen LogP contribution in [0.5, 0.6) is 0 Å². The first-order valence-electron chi connectivity index (χ1n) is 5.21. The largest absolute Gasteiger partial charge is 0.398 e. The molecule has 88 valence electrons. The predicted octanol–water partition coefficient (Wildman–Crippen LogP) is 0.203. The average Bonchev–Trinajstić information content (AvgIpc) is 2.20. The van der Waals surface area contributed by atoms with E-state index in [4.69, 9.17) is 5.73 Å². The van der Waals surface area contributed by atoms with Gasteiger partial charge < -0.3 is 15.6 Å². The zero-order chi connectivity index (χ0) is 12.1. The molecule has 0 saturated carbocycles. The Hall–Kier alpha value is -1.78. The van der Waals surface area contributed by atoms with Crippen LogP contribution in [0.25, 0.3) is 0 Å². The number of hydrogen-bond donors (Lipinski definition) is 2. The molecule has 0 fully saturated rings. The van der Waals surface area contributed by atoms with Gasteiger partial charge in [0.1, 0.15) is 6.54 Å². The summed E-state index contributed by atoms with van der Waals surface area (Å²) in [5, 5.41) is 2.74. The quantitative estimate of drug-likeness (QED) is 0.765. The SMILES string of the molecule is CC(C)CNC(=O)Cn1cc(N)ccc1=O. The summed E-state index contributed by atoms with van der Waals surface area (Å²) in [7, 11) is 0. The monoisotopic (exact) mass is 223 g/mol. The van der Waals surface area contributed by atoms with Gasteiger partial charge in [0.15, 0.2) is 0 Å². The van der Waals surface area contributed by atoms with Crippen molar-refractivity contribution in [3.63, 3.8) is 0 Å². The molecule has 0 radical (unpaired) electrons. The molecule has 1 aromatic rings. The zero-order valence-corrected chi connectivity index (χ0v) is 9.56. The van der Waals surface area contributed by atoms with Crippen molar-refractivity contribution in [2.75, 3.05) is 12.3 Å². The standard InChI is InChI=1S/C11H17N3O2/c1-8(2)5-13-10(15)7-14-6-9(12)3-4-11(14)16/h3-4,6,8H,5,7,12H2,1-2H3,(H,13,15). The number of nitrogens with zero attached hydrogens (tertiary/aromatic N) is 1. The fraction of sp³-hybridized carbons (Fsp3) is 0.455. The van der Waals surface area contributed by atoms with Crippen molar-refractivity contribution < 1.29 is 4.79 Å². The number of nitrogen functional groups attached to an aromatic ring is 1. The summed E-state index contributed by atoms with van der Waals surface area (Å²) in [5.74, 6) is 0.211. The molecule has 16 heavy (non-hydrogen) atoms. The summed E-state index contributed by atoms with van der Waals surface area (Å²) < 4.78 is 1.30. The Morgan fingerprint density at radius 3 is 2.81 bits per heavy atom. The lowest BCUT2D eigenvalue weighted by atomic mass is 10.2. The lowest BCUT2D eigenvalue weighted by Gasteiger charge is -2.09. The maximum absolute atomic E-state index is 11.5. The van der Waals surface area contributed by atoms with Gasteiger partial charge in [-0.05, 0) is 12.0 Å². The van der Waals surface area contributed by atoms with Crippen molar-refractivity contribution in [3.05, 3.63) is 28.7 Å². The van der Waals surface area contributed by atoms with Gasteiger partial charge >= 0.3 is 0 Å². The highest BCUT2D eigenvalue weighted by Gasteiger charge is 2.04. The number of hydrogen-bond acceptors (Lipinski definition) is 3. The summed E-state index contributed by atoms with van der Waals surface area (Å²) in [6.45, 7) is 4.63. The fourth-order valence-corrected chi connectivity index (χ4v) is 1.20. The van der Waals surface area contributed by atoms with Gasteiger partial charge in [-0.1, -0.05) is 13.8 Å². The van der Waals surface area contributed by atoms with Crippen LogP contribution < -0.4 is 16.6 Å². The van der Waals surface area contributed by atoms with Crippen LogP contribution in [0, 0.1) is 5.92 Å². The van der Waals surface area contributed by atoms with Crippen LogP contribution in [0.15, 0.2) is 23.1 Å². The average molecular weight is 223 g/mol. The van der Waals surface area contributed by atoms with E-state index in [1.807, 2.05) is 13.8 Å². The molecule has 5 nitrogen and oxygen atoms in total. The fourth-order valence-electron chi connectivity index (χ4n) is 1.20. The second-order valence-electron chi connectivity index (χ2n) is 4.13. The molecule has 1 heterocycles.